The minimum Gasteiger partial charge on any atom is -0.381 e. The number of rotatable bonds is 14. The van der Waals surface area contributed by atoms with Crippen molar-refractivity contribution in [2.45, 2.75) is 39.7 Å². The van der Waals surface area contributed by atoms with Crippen LogP contribution in [-0.4, -0.2) is 53.0 Å². The molecule has 0 spiro atoms. The smallest absolute Gasteiger partial charge is 0.213 e. The molecule has 0 amide bonds. The molecule has 0 heterocycles. The van der Waals surface area contributed by atoms with Crippen LogP contribution in [0, 0.1) is 0 Å². The van der Waals surface area contributed by atoms with Crippen molar-refractivity contribution in [3.05, 3.63) is 35.9 Å². The zero-order chi connectivity index (χ0) is 19.8. The van der Waals surface area contributed by atoms with Gasteiger partial charge in [0, 0.05) is 39.4 Å². The maximum atomic E-state index is 12.1. The van der Waals surface area contributed by atoms with Crippen LogP contribution < -0.4 is 15.4 Å². The van der Waals surface area contributed by atoms with E-state index in [0.717, 1.165) is 38.0 Å². The fourth-order valence-electron chi connectivity index (χ4n) is 2.21. The summed E-state index contributed by atoms with van der Waals surface area (Å²) in [6, 6.07) is 9.46. The highest BCUT2D eigenvalue weighted by Gasteiger charge is 2.10. The van der Waals surface area contributed by atoms with Gasteiger partial charge in [0.15, 0.2) is 5.96 Å². The predicted octanol–water partition coefficient (Wildman–Crippen LogP) is 1.87. The average molecular weight is 399 g/mol. The molecule has 0 unspecified atom stereocenters. The molecule has 1 rings (SSSR count). The molecule has 8 heteroatoms. The van der Waals surface area contributed by atoms with E-state index in [1.54, 1.807) is 0 Å². The fraction of sp³-hybridized carbons (Fsp3) is 0.632. The highest BCUT2D eigenvalue weighted by atomic mass is 32.2. The molecule has 27 heavy (non-hydrogen) atoms. The van der Waals surface area contributed by atoms with Crippen LogP contribution in [-0.2, 0) is 21.3 Å². The van der Waals surface area contributed by atoms with Crippen molar-refractivity contribution in [1.29, 1.82) is 0 Å². The number of hydrogen-bond donors (Lipinski definition) is 3. The number of unbranched alkanes of at least 4 members (excludes halogenated alkanes) is 1. The number of ether oxygens (including phenoxy) is 1. The second-order valence-electron chi connectivity index (χ2n) is 6.13. The maximum Gasteiger partial charge on any atom is 0.213 e. The molecule has 0 aliphatic rings. The summed E-state index contributed by atoms with van der Waals surface area (Å²) in [5.74, 6) is 0.619. The Hall–Kier alpha value is -1.64. The van der Waals surface area contributed by atoms with Gasteiger partial charge in [0.1, 0.15) is 0 Å². The summed E-state index contributed by atoms with van der Waals surface area (Å²) >= 11 is 0. The third kappa shape index (κ3) is 12.4. The zero-order valence-electron chi connectivity index (χ0n) is 16.5. The van der Waals surface area contributed by atoms with E-state index in [1.165, 1.54) is 0 Å². The van der Waals surface area contributed by atoms with Crippen molar-refractivity contribution in [2.24, 2.45) is 4.99 Å². The Kier molecular flexibility index (Phi) is 12.5. The molecule has 0 radical (unpaired) electrons. The predicted molar refractivity (Wildman–Crippen MR) is 111 cm³/mol. The van der Waals surface area contributed by atoms with Crippen molar-refractivity contribution in [1.82, 2.24) is 15.4 Å². The van der Waals surface area contributed by atoms with Crippen LogP contribution in [0.1, 0.15) is 38.7 Å². The second-order valence-corrected chi connectivity index (χ2v) is 8.06. The van der Waals surface area contributed by atoms with E-state index in [9.17, 15) is 8.42 Å². The van der Waals surface area contributed by atoms with Crippen molar-refractivity contribution in [3.8, 4) is 0 Å². The molecule has 1 aromatic carbocycles. The molecule has 0 aliphatic carbocycles. The molecule has 0 fully saturated rings. The standard InChI is InChI=1S/C19H34N4O3S/c1-3-5-14-26-15-9-12-21-19(20-4-2)22-13-16-27(24,25)23-17-18-10-7-6-8-11-18/h6-8,10-11,23H,3-5,9,12-17H2,1-2H3,(H2,20,21,22). The minimum atomic E-state index is -3.34. The summed E-state index contributed by atoms with van der Waals surface area (Å²) in [5.41, 5.74) is 0.935. The largest absolute Gasteiger partial charge is 0.381 e. The molecule has 7 nitrogen and oxygen atoms in total. The van der Waals surface area contributed by atoms with Crippen LogP contribution in [0.25, 0.3) is 0 Å². The van der Waals surface area contributed by atoms with Gasteiger partial charge in [0.25, 0.3) is 0 Å². The van der Waals surface area contributed by atoms with E-state index in [2.05, 4.69) is 27.3 Å². The Morgan fingerprint density at radius 3 is 2.52 bits per heavy atom. The quantitative estimate of drug-likeness (QED) is 0.253. The first-order chi connectivity index (χ1) is 13.1. The SMILES string of the molecule is CCCCOCCCN=C(NCC)NCCS(=O)(=O)NCc1ccccc1. The van der Waals surface area contributed by atoms with Gasteiger partial charge in [-0.25, -0.2) is 13.1 Å². The number of nitrogens with one attached hydrogen (secondary N) is 3. The molecule has 0 saturated heterocycles. The summed E-state index contributed by atoms with van der Waals surface area (Å²) < 4.78 is 32.3. The monoisotopic (exact) mass is 398 g/mol. The molecule has 3 N–H and O–H groups in total. The second kappa shape index (κ2) is 14.4. The van der Waals surface area contributed by atoms with Gasteiger partial charge >= 0.3 is 0 Å². The average Bonchev–Trinajstić information content (AvgIpc) is 2.66. The maximum absolute atomic E-state index is 12.1. The number of nitrogens with zero attached hydrogens (tertiary/aromatic N) is 1. The Labute approximate surface area is 164 Å². The number of aliphatic imine (C=N–C) groups is 1. The summed E-state index contributed by atoms with van der Waals surface area (Å²) in [7, 11) is -3.34. The van der Waals surface area contributed by atoms with Crippen molar-refractivity contribution < 1.29 is 13.2 Å². The molecule has 1 aromatic rings. The van der Waals surface area contributed by atoms with Gasteiger partial charge in [-0.2, -0.15) is 0 Å². The number of sulfonamides is 1. The van der Waals surface area contributed by atoms with Crippen molar-refractivity contribution in [3.63, 3.8) is 0 Å². The molecular weight excluding hydrogens is 364 g/mol. The summed E-state index contributed by atoms with van der Waals surface area (Å²) in [6.07, 6.45) is 3.06. The van der Waals surface area contributed by atoms with Gasteiger partial charge < -0.3 is 15.4 Å². The van der Waals surface area contributed by atoms with Gasteiger partial charge in [0.05, 0.1) is 5.75 Å². The normalized spacial score (nSPS) is 12.1. The first-order valence-corrected chi connectivity index (χ1v) is 11.3. The highest BCUT2D eigenvalue weighted by molar-refractivity contribution is 7.89. The van der Waals surface area contributed by atoms with Crippen LogP contribution >= 0.6 is 0 Å². The first-order valence-electron chi connectivity index (χ1n) is 9.68. The number of hydrogen-bond acceptors (Lipinski definition) is 4. The molecule has 0 aromatic heterocycles. The van der Waals surface area contributed by atoms with Gasteiger partial charge in [-0.05, 0) is 25.3 Å². The Balaban J connectivity index is 2.28. The summed E-state index contributed by atoms with van der Waals surface area (Å²) in [6.45, 7) is 7.56. The van der Waals surface area contributed by atoms with Crippen LogP contribution in [0.15, 0.2) is 35.3 Å². The van der Waals surface area contributed by atoms with Gasteiger partial charge in [-0.3, -0.25) is 4.99 Å². The van der Waals surface area contributed by atoms with E-state index >= 15 is 0 Å². The lowest BCUT2D eigenvalue weighted by Gasteiger charge is -2.12. The third-order valence-corrected chi connectivity index (χ3v) is 5.03. The van der Waals surface area contributed by atoms with Gasteiger partial charge in [0.2, 0.25) is 10.0 Å². The number of guanidine groups is 1. The lowest BCUT2D eigenvalue weighted by Crippen LogP contribution is -2.41. The minimum absolute atomic E-state index is 0.00955. The molecular formula is C19H34N4O3S. The molecule has 0 bridgehead atoms. The van der Waals surface area contributed by atoms with Crippen molar-refractivity contribution in [2.75, 3.05) is 38.6 Å². The van der Waals surface area contributed by atoms with Crippen LogP contribution in [0.5, 0.6) is 0 Å². The van der Waals surface area contributed by atoms with Crippen LogP contribution in [0.4, 0.5) is 0 Å². The lowest BCUT2D eigenvalue weighted by molar-refractivity contribution is 0.130. The summed E-state index contributed by atoms with van der Waals surface area (Å²) in [4.78, 5) is 4.44. The van der Waals surface area contributed by atoms with E-state index in [-0.39, 0.29) is 5.75 Å². The summed E-state index contributed by atoms with van der Waals surface area (Å²) in [5, 5.41) is 6.19. The van der Waals surface area contributed by atoms with E-state index in [0.29, 0.717) is 32.2 Å². The molecule has 0 atom stereocenters. The van der Waals surface area contributed by atoms with E-state index < -0.39 is 10.0 Å². The first kappa shape index (κ1) is 23.4. The Bertz CT molecular complexity index is 621. The lowest BCUT2D eigenvalue weighted by atomic mass is 10.2. The topological polar surface area (TPSA) is 91.8 Å². The third-order valence-electron chi connectivity index (χ3n) is 3.71. The van der Waals surface area contributed by atoms with Gasteiger partial charge in [-0.15, -0.1) is 0 Å². The van der Waals surface area contributed by atoms with Crippen LogP contribution in [0.2, 0.25) is 0 Å². The molecule has 0 aliphatic heterocycles. The molecule has 0 saturated carbocycles. The number of benzene rings is 1. The van der Waals surface area contributed by atoms with E-state index in [1.807, 2.05) is 37.3 Å². The fourth-order valence-corrected chi connectivity index (χ4v) is 3.11. The Morgan fingerprint density at radius 1 is 1.07 bits per heavy atom. The zero-order valence-corrected chi connectivity index (χ0v) is 17.4. The highest BCUT2D eigenvalue weighted by Crippen LogP contribution is 1.98. The van der Waals surface area contributed by atoms with Gasteiger partial charge in [-0.1, -0.05) is 43.7 Å². The van der Waals surface area contributed by atoms with E-state index in [4.69, 9.17) is 4.74 Å². The van der Waals surface area contributed by atoms with Crippen LogP contribution in [0.3, 0.4) is 0 Å². The van der Waals surface area contributed by atoms with Crippen molar-refractivity contribution >= 4 is 16.0 Å². The molecule has 154 valence electrons. The Morgan fingerprint density at radius 2 is 1.81 bits per heavy atom.